The zero-order valence-electron chi connectivity index (χ0n) is 74.9. The highest BCUT2D eigenvalue weighted by atomic mass is 35.5. The van der Waals surface area contributed by atoms with Crippen molar-refractivity contribution in [2.24, 2.45) is 0 Å². The number of aromatic nitrogens is 10. The molecule has 21 nitrogen and oxygen atoms in total. The molecule has 0 aliphatic carbocycles. The number of hydrogen-bond acceptors (Lipinski definition) is 21. The molecule has 5 aromatic heterocycles. The molecule has 0 saturated carbocycles. The number of nitrogens with zero attached hydrogens (tertiary/aromatic N) is 15. The average Bonchev–Trinajstić information content (AvgIpc) is 0.806. The van der Waals surface area contributed by atoms with Gasteiger partial charge in [0.1, 0.15) is 46.5 Å². The van der Waals surface area contributed by atoms with Gasteiger partial charge in [-0.2, -0.15) is 38.1 Å². The molecule has 5 aliphatic heterocycles. The van der Waals surface area contributed by atoms with E-state index < -0.39 is 47.1 Å². The monoisotopic (exact) mass is 1920 g/mol. The lowest BCUT2D eigenvalue weighted by Crippen LogP contribution is -2.40. The van der Waals surface area contributed by atoms with Gasteiger partial charge in [0.15, 0.2) is 0 Å². The van der Waals surface area contributed by atoms with Crippen LogP contribution in [0.25, 0.3) is 54.5 Å². The molecule has 138 heavy (non-hydrogen) atoms. The Balaban J connectivity index is 0.000000125. The van der Waals surface area contributed by atoms with Crippen LogP contribution in [0.1, 0.15) is 110 Å². The number of halogens is 15. The summed E-state index contributed by atoms with van der Waals surface area (Å²) in [7, 11) is 0. The molecule has 5 aliphatic rings. The first kappa shape index (κ1) is 97.3. The van der Waals surface area contributed by atoms with Crippen LogP contribution in [0.4, 0.5) is 120 Å². The summed E-state index contributed by atoms with van der Waals surface area (Å²) in [5, 5.41) is 30.6. The van der Waals surface area contributed by atoms with Gasteiger partial charge in [-0.05, 0) is 145 Å². The molecule has 718 valence electrons. The molecule has 1 unspecified atom stereocenters. The molecule has 5 fully saturated rings. The first-order valence-electron chi connectivity index (χ1n) is 45.5. The highest BCUT2D eigenvalue weighted by Crippen LogP contribution is 2.41. The summed E-state index contributed by atoms with van der Waals surface area (Å²) in [5.74, 6) is -6.58. The van der Waals surface area contributed by atoms with Crippen LogP contribution in [0, 0.1) is 17.5 Å². The third-order valence-corrected chi connectivity index (χ3v) is 24.6. The number of fused-ring (bicyclic) bond motifs is 5. The van der Waals surface area contributed by atoms with Crippen LogP contribution in [0.2, 0.25) is 5.02 Å². The van der Waals surface area contributed by atoms with Crippen LogP contribution in [0.5, 0.6) is 0 Å². The van der Waals surface area contributed by atoms with Crippen molar-refractivity contribution in [3.05, 3.63) is 299 Å². The Labute approximate surface area is 791 Å². The van der Waals surface area contributed by atoms with Crippen LogP contribution in [0.15, 0.2) is 243 Å². The van der Waals surface area contributed by atoms with Crippen molar-refractivity contribution in [3.8, 4) is 0 Å². The second kappa shape index (κ2) is 43.7. The topological polar surface area (TPSA) is 225 Å². The number of alkyl halides is 11. The number of piperidine rings is 5. The van der Waals surface area contributed by atoms with Crippen LogP contribution < -0.4 is 51.1 Å². The van der Waals surface area contributed by atoms with Gasteiger partial charge < -0.3 is 56.2 Å². The molecule has 1 atom stereocenters. The van der Waals surface area contributed by atoms with Crippen LogP contribution in [-0.2, 0) is 32.4 Å². The molecule has 36 heteroatoms. The van der Waals surface area contributed by atoms with E-state index in [1.807, 2.05) is 196 Å². The first-order valence-corrected chi connectivity index (χ1v) is 45.9. The van der Waals surface area contributed by atoms with Crippen molar-refractivity contribution in [1.29, 1.82) is 0 Å². The van der Waals surface area contributed by atoms with Crippen LogP contribution >= 0.6 is 11.6 Å². The zero-order chi connectivity index (χ0) is 96.6. The van der Waals surface area contributed by atoms with Gasteiger partial charge in [0, 0.05) is 187 Å². The summed E-state index contributed by atoms with van der Waals surface area (Å²) in [6.45, 7) is 5.13. The number of nitrogens with one attached hydrogen (secondary N) is 5. The number of aliphatic hydroxyl groups excluding tert-OH is 1. The maximum absolute atomic E-state index is 13.8. The molecule has 5 saturated heterocycles. The Bertz CT molecular complexity index is 6450. The van der Waals surface area contributed by atoms with Gasteiger partial charge in [0.05, 0.1) is 45.8 Å². The Morgan fingerprint density at radius 3 is 1.02 bits per heavy atom. The summed E-state index contributed by atoms with van der Waals surface area (Å²) in [5.41, 5.74) is 6.98. The smallest absolute Gasteiger partial charge is 0.394 e. The number of rotatable bonds is 21. The van der Waals surface area contributed by atoms with Crippen molar-refractivity contribution in [3.63, 3.8) is 0 Å². The summed E-state index contributed by atoms with van der Waals surface area (Å²) >= 11 is 5.92. The van der Waals surface area contributed by atoms with Gasteiger partial charge in [-0.25, -0.2) is 73.2 Å². The highest BCUT2D eigenvalue weighted by Gasteiger charge is 2.40. The van der Waals surface area contributed by atoms with E-state index in [2.05, 4.69) is 71.4 Å². The minimum atomic E-state index is -4.38. The number of anilines is 10. The first-order chi connectivity index (χ1) is 66.5. The van der Waals surface area contributed by atoms with E-state index in [0.29, 0.717) is 75.8 Å². The molecule has 0 spiro atoms. The van der Waals surface area contributed by atoms with Gasteiger partial charge in [0.25, 0.3) is 23.7 Å². The second-order valence-electron chi connectivity index (χ2n) is 34.2. The predicted molar refractivity (Wildman–Crippen MR) is 514 cm³/mol. The van der Waals surface area contributed by atoms with E-state index >= 15 is 0 Å². The van der Waals surface area contributed by atoms with Gasteiger partial charge in [-0.1, -0.05) is 145 Å². The number of para-hydroxylation sites is 5. The molecule has 0 radical (unpaired) electrons. The van der Waals surface area contributed by atoms with Gasteiger partial charge >= 0.3 is 6.18 Å². The van der Waals surface area contributed by atoms with E-state index in [0.717, 1.165) is 103 Å². The van der Waals surface area contributed by atoms with Gasteiger partial charge in [-0.15, -0.1) is 0 Å². The number of aliphatic hydroxyl groups is 1. The summed E-state index contributed by atoms with van der Waals surface area (Å²) < 4.78 is 186. The lowest BCUT2D eigenvalue weighted by molar-refractivity contribution is -0.137. The fourth-order valence-electron chi connectivity index (χ4n) is 16.6. The highest BCUT2D eigenvalue weighted by molar-refractivity contribution is 6.30. The minimum Gasteiger partial charge on any atom is -0.394 e. The van der Waals surface area contributed by atoms with E-state index in [-0.39, 0.29) is 147 Å². The third-order valence-electron chi connectivity index (χ3n) is 24.3. The lowest BCUT2D eigenvalue weighted by atomic mass is 10.1. The van der Waals surface area contributed by atoms with Crippen molar-refractivity contribution < 1.29 is 66.6 Å². The second-order valence-corrected chi connectivity index (χ2v) is 34.7. The fraction of sp³-hybridized carbons (Fsp3) is 0.314. The molecular weight excluding hydrogens is 1820 g/mol. The van der Waals surface area contributed by atoms with E-state index in [1.165, 1.54) is 55.7 Å². The van der Waals surface area contributed by atoms with E-state index in [1.54, 1.807) is 12.1 Å². The van der Waals surface area contributed by atoms with Gasteiger partial charge in [0.2, 0.25) is 29.7 Å². The van der Waals surface area contributed by atoms with Crippen molar-refractivity contribution in [2.45, 2.75) is 133 Å². The Morgan fingerprint density at radius 2 is 0.659 bits per heavy atom. The molecule has 6 N–H and O–H groups in total. The summed E-state index contributed by atoms with van der Waals surface area (Å²) in [4.78, 5) is 55.6. The summed E-state index contributed by atoms with van der Waals surface area (Å²) in [6.07, 6.45) is -2.33. The average molecular weight is 1920 g/mol. The molecule has 20 rings (SSSR count). The number of benzene rings is 10. The summed E-state index contributed by atoms with van der Waals surface area (Å²) in [6, 6.07) is 69.6. The Kier molecular flexibility index (Phi) is 30.8. The van der Waals surface area contributed by atoms with Crippen LogP contribution in [-0.4, -0.2) is 151 Å². The molecule has 15 aromatic rings. The van der Waals surface area contributed by atoms with E-state index in [4.69, 9.17) is 21.6 Å². The molecule has 0 bridgehead atoms. The molecular formula is C102H99ClF14N20O. The quantitative estimate of drug-likeness (QED) is 0.0368. The van der Waals surface area contributed by atoms with E-state index in [9.17, 15) is 66.6 Å². The lowest BCUT2D eigenvalue weighted by Gasteiger charge is -2.33. The Hall–Kier alpha value is -13.8. The molecule has 10 heterocycles. The van der Waals surface area contributed by atoms with Crippen molar-refractivity contribution >= 4 is 125 Å². The van der Waals surface area contributed by atoms with Crippen LogP contribution in [0.3, 0.4) is 0 Å². The van der Waals surface area contributed by atoms with Gasteiger partial charge in [-0.3, -0.25) is 0 Å². The third kappa shape index (κ3) is 25.7. The number of hydrogen-bond donors (Lipinski definition) is 6. The molecule has 0 amide bonds. The normalized spacial score (nSPS) is 16.4. The van der Waals surface area contributed by atoms with Crippen molar-refractivity contribution in [2.75, 3.05) is 123 Å². The Morgan fingerprint density at radius 1 is 0.333 bits per heavy atom. The molecule has 10 aromatic carbocycles. The fourth-order valence-corrected chi connectivity index (χ4v) is 16.7. The largest absolute Gasteiger partial charge is 0.416 e. The SMILES string of the molecule is FC1(F)CCN(c2nc(NCc3ccc(C(F)(F)F)cc3)nc3ccccc23)CC1.FC1(F)CCN(c2nc(NCc3ccc(Cl)cc3)nc3ccccc23)CC1.Fc1ccc(CNc2nc(N3CCC(F)(F)CC3)c3ccccc3n2)c(F)c1.Fc1ccc(CNc2nc(N3CCC(F)(F)CC3)c3ccccc3n2)cc1.OCC(Nc1nc(N2CCCCC2)nc2ccccc12)c1ccccc1. The maximum atomic E-state index is 13.8. The minimum absolute atomic E-state index is 0.00138. The predicted octanol–water partition coefficient (Wildman–Crippen LogP) is 23.8. The standard InChI is InChI=1S/C21H19F5N4.C21H24N4O.C20H19ClF2N4.C20H18F4N4.C20H19F3N4/c22-20(23)9-11-30(12-10-20)18-16-3-1-2-4-17(16)28-19(29-18)27-13-14-5-7-15(8-6-14)21(24,25)26;26-15-19(16-9-3-1-4-10-16)22-20-17-11-5-6-12-18(17)23-21(24-20)25-13-7-2-8-14-25;21-15-7-5-14(6-8-15)13-24-19-25-17-4-2-1-3-16(17)18(26-19)27-11-9-20(22,23)10-12-27;21-14-6-5-13(16(22)11-14)12-25-19-26-17-4-2-1-3-15(17)18(27-19)28-9-7-20(23,24)8-10-28;21-15-7-5-14(6-8-15)13-24-19-25-17-4-2-1-3-16(17)18(26-19)27-11-9-20(22,23)10-12-27/h1-8H,9-13H2,(H,27,28,29);1,3-6,9-12,19,26H,2,7-8,13-15H2,(H,22,23,24);1-8H,9-13H2,(H,24,25,26);1-6,11H,7-10,12H2,(H,25,26,27);1-8H,9-13H2,(H,24,25,26). The maximum Gasteiger partial charge on any atom is 0.416 e. The zero-order valence-corrected chi connectivity index (χ0v) is 75.6. The van der Waals surface area contributed by atoms with Crippen molar-refractivity contribution in [1.82, 2.24) is 49.8 Å².